The second-order valence-electron chi connectivity index (χ2n) is 15.9. The molecule has 0 heterocycles. The van der Waals surface area contributed by atoms with Gasteiger partial charge in [0.05, 0.1) is 25.9 Å². The van der Waals surface area contributed by atoms with Crippen molar-refractivity contribution in [2.24, 2.45) is 17.8 Å². The molecule has 60 heavy (non-hydrogen) atoms. The van der Waals surface area contributed by atoms with E-state index in [0.717, 1.165) is 44.4 Å². The molecule has 0 amide bonds. The van der Waals surface area contributed by atoms with Gasteiger partial charge in [-0.2, -0.15) is 0 Å². The molecule has 1 aliphatic rings. The number of ether oxygens (including phenoxy) is 2. The lowest BCUT2D eigenvalue weighted by Crippen LogP contribution is -2.29. The number of esters is 2. The predicted molar refractivity (Wildman–Crippen MR) is 229 cm³/mol. The van der Waals surface area contributed by atoms with Gasteiger partial charge in [0.2, 0.25) is 0 Å². The summed E-state index contributed by atoms with van der Waals surface area (Å²) in [6.07, 6.45) is 26.3. The lowest BCUT2D eigenvalue weighted by molar-refractivity contribution is -0.161. The third kappa shape index (κ3) is 30.9. The molecule has 5 N–H and O–H groups in total. The molecule has 0 saturated heterocycles. The molecule has 0 saturated carbocycles. The van der Waals surface area contributed by atoms with Crippen LogP contribution in [0, 0.1) is 17.8 Å². The third-order valence-electron chi connectivity index (χ3n) is 10.3. The van der Waals surface area contributed by atoms with Gasteiger partial charge in [-0.25, -0.2) is 9.13 Å². The molecular formula is C43H76O15P2. The van der Waals surface area contributed by atoms with Gasteiger partial charge in [0.15, 0.2) is 11.9 Å². The van der Waals surface area contributed by atoms with Crippen LogP contribution in [0.25, 0.3) is 0 Å². The van der Waals surface area contributed by atoms with E-state index in [2.05, 4.69) is 29.8 Å². The van der Waals surface area contributed by atoms with Gasteiger partial charge in [-0.1, -0.05) is 141 Å². The van der Waals surface area contributed by atoms with Gasteiger partial charge in [-0.3, -0.25) is 28.0 Å². The van der Waals surface area contributed by atoms with E-state index in [1.165, 1.54) is 51.4 Å². The van der Waals surface area contributed by atoms with E-state index in [-0.39, 0.29) is 30.5 Å². The molecule has 0 aromatic rings. The highest BCUT2D eigenvalue weighted by Gasteiger charge is 2.29. The van der Waals surface area contributed by atoms with Crippen molar-refractivity contribution in [3.8, 4) is 0 Å². The Labute approximate surface area is 358 Å². The number of aliphatic hydroxyl groups is 2. The summed E-state index contributed by atoms with van der Waals surface area (Å²) in [6.45, 7) is 3.75. The fourth-order valence-corrected chi connectivity index (χ4v) is 7.59. The number of hydrogen-bond acceptors (Lipinski definition) is 12. The van der Waals surface area contributed by atoms with Crippen molar-refractivity contribution in [3.63, 3.8) is 0 Å². The topological polar surface area (TPSA) is 233 Å². The molecule has 7 atom stereocenters. The van der Waals surface area contributed by atoms with Gasteiger partial charge in [-0.15, -0.1) is 0 Å². The van der Waals surface area contributed by atoms with Crippen LogP contribution in [-0.2, 0) is 46.6 Å². The Morgan fingerprint density at radius 3 is 2.00 bits per heavy atom. The van der Waals surface area contributed by atoms with E-state index in [4.69, 9.17) is 23.8 Å². The standard InChI is InChI=1S/C43H76O15P2/c1-4-6-17-24-37(44)28-29-40-36(27-30-41(40)46)23-19-15-16-21-26-43(48)58-39(34-57-60(52,53)56-32-38(45)31-55-59(49,50)51)33-54-42(47)25-20-14-12-10-8-7-9-11-13-18-22-35(3)5-2/h15,19,27-30,35-40,44-45H,4-14,16-18,20-26,31-34H2,1-3H3,(H,52,53)(H2,49,50,51)/b19-15-,29-28+/t35?,36-,37-,38-,39+,40+/m0/s1. The monoisotopic (exact) mass is 894 g/mol. The van der Waals surface area contributed by atoms with Gasteiger partial charge >= 0.3 is 27.6 Å². The lowest BCUT2D eigenvalue weighted by atomic mass is 9.90. The molecule has 348 valence electrons. The summed E-state index contributed by atoms with van der Waals surface area (Å²) in [4.78, 5) is 65.3. The van der Waals surface area contributed by atoms with E-state index in [0.29, 0.717) is 32.1 Å². The first-order valence-corrected chi connectivity index (χ1v) is 25.2. The van der Waals surface area contributed by atoms with Crippen molar-refractivity contribution < 1.29 is 71.5 Å². The first-order chi connectivity index (χ1) is 28.5. The zero-order valence-electron chi connectivity index (χ0n) is 36.3. The zero-order valence-corrected chi connectivity index (χ0v) is 38.1. The van der Waals surface area contributed by atoms with Crippen LogP contribution in [0.15, 0.2) is 36.5 Å². The number of unbranched alkanes of at least 4 members (excludes halogenated alkanes) is 12. The van der Waals surface area contributed by atoms with E-state index in [9.17, 15) is 38.6 Å². The van der Waals surface area contributed by atoms with E-state index in [1.54, 1.807) is 18.2 Å². The molecule has 0 aromatic heterocycles. The number of ketones is 1. The third-order valence-corrected chi connectivity index (χ3v) is 11.7. The van der Waals surface area contributed by atoms with Crippen LogP contribution in [0.3, 0.4) is 0 Å². The first kappa shape index (κ1) is 56.0. The molecule has 2 unspecified atom stereocenters. The van der Waals surface area contributed by atoms with Gasteiger partial charge in [0.1, 0.15) is 12.7 Å². The molecule has 0 spiro atoms. The summed E-state index contributed by atoms with van der Waals surface area (Å²) in [5.74, 6) is -0.728. The molecule has 15 nitrogen and oxygen atoms in total. The molecule has 17 heteroatoms. The Morgan fingerprint density at radius 1 is 0.750 bits per heavy atom. The van der Waals surface area contributed by atoms with E-state index >= 15 is 0 Å². The summed E-state index contributed by atoms with van der Waals surface area (Å²) < 4.78 is 47.8. The fraction of sp³-hybridized carbons (Fsp3) is 0.791. The lowest BCUT2D eigenvalue weighted by Gasteiger charge is -2.20. The molecule has 0 bridgehead atoms. The Balaban J connectivity index is 2.55. The smallest absolute Gasteiger partial charge is 0.462 e. The Hall–Kier alpha value is -2.03. The Bertz CT molecular complexity index is 1360. The second kappa shape index (κ2) is 33.5. The summed E-state index contributed by atoms with van der Waals surface area (Å²) in [5.41, 5.74) is 0. The summed E-state index contributed by atoms with van der Waals surface area (Å²) in [7, 11) is -9.75. The minimum Gasteiger partial charge on any atom is -0.462 e. The quantitative estimate of drug-likeness (QED) is 0.0169. The van der Waals surface area contributed by atoms with Gasteiger partial charge in [-0.05, 0) is 50.0 Å². The minimum atomic E-state index is -4.89. The van der Waals surface area contributed by atoms with Crippen LogP contribution in [0.4, 0.5) is 0 Å². The van der Waals surface area contributed by atoms with Crippen molar-refractivity contribution in [1.82, 2.24) is 0 Å². The van der Waals surface area contributed by atoms with Crippen molar-refractivity contribution in [2.75, 3.05) is 26.4 Å². The van der Waals surface area contributed by atoms with Crippen LogP contribution >= 0.6 is 15.6 Å². The number of hydrogen-bond donors (Lipinski definition) is 5. The molecule has 0 fully saturated rings. The van der Waals surface area contributed by atoms with Crippen molar-refractivity contribution in [2.45, 2.75) is 174 Å². The maximum absolute atomic E-state index is 12.8. The number of phosphoric acid groups is 2. The maximum Gasteiger partial charge on any atom is 0.472 e. The largest absolute Gasteiger partial charge is 0.472 e. The van der Waals surface area contributed by atoms with Crippen molar-refractivity contribution in [1.29, 1.82) is 0 Å². The van der Waals surface area contributed by atoms with Crippen LogP contribution in [0.1, 0.15) is 156 Å². The number of phosphoric ester groups is 2. The normalized spacial score (nSPS) is 18.8. The fourth-order valence-electron chi connectivity index (χ4n) is 6.43. The molecule has 1 rings (SSSR count). The number of rotatable bonds is 38. The zero-order chi connectivity index (χ0) is 44.7. The highest BCUT2D eigenvalue weighted by molar-refractivity contribution is 7.47. The van der Waals surface area contributed by atoms with E-state index < -0.39 is 72.3 Å². The Kier molecular flexibility index (Phi) is 31.3. The first-order valence-electron chi connectivity index (χ1n) is 22.1. The summed E-state index contributed by atoms with van der Waals surface area (Å²) in [5, 5.41) is 20.0. The molecule has 0 aliphatic heterocycles. The summed E-state index contributed by atoms with van der Waals surface area (Å²) in [6, 6.07) is 0. The van der Waals surface area contributed by atoms with Gasteiger partial charge in [0, 0.05) is 18.8 Å². The predicted octanol–water partition coefficient (Wildman–Crippen LogP) is 8.76. The SMILES string of the molecule is CCCCC[C@H](O)/C=C/[C@H]1C(=O)C=C[C@@H]1C/C=C\CCCC(=O)O[C@H](COC(=O)CCCCCCCCCCCCC(C)CC)COP(=O)(O)OC[C@@H](O)COP(=O)(O)O. The van der Waals surface area contributed by atoms with Crippen LogP contribution in [0.2, 0.25) is 0 Å². The van der Waals surface area contributed by atoms with E-state index in [1.807, 2.05) is 18.2 Å². The number of carbonyl (C=O) groups excluding carboxylic acids is 3. The highest BCUT2D eigenvalue weighted by atomic mass is 31.2. The number of aliphatic hydroxyl groups excluding tert-OH is 2. The average molecular weight is 895 g/mol. The second-order valence-corrected chi connectivity index (χ2v) is 18.6. The molecule has 0 radical (unpaired) electrons. The van der Waals surface area contributed by atoms with Crippen LogP contribution in [-0.4, -0.2) is 87.4 Å². The molecule has 1 aliphatic carbocycles. The number of carbonyl (C=O) groups is 3. The van der Waals surface area contributed by atoms with Gasteiger partial charge < -0.3 is 34.4 Å². The molecule has 0 aromatic carbocycles. The maximum atomic E-state index is 12.8. The number of allylic oxidation sites excluding steroid dienone is 5. The summed E-state index contributed by atoms with van der Waals surface area (Å²) >= 11 is 0. The Morgan fingerprint density at radius 2 is 1.35 bits per heavy atom. The average Bonchev–Trinajstić information content (AvgIpc) is 3.55. The van der Waals surface area contributed by atoms with Crippen LogP contribution in [0.5, 0.6) is 0 Å². The van der Waals surface area contributed by atoms with Crippen molar-refractivity contribution >= 4 is 33.4 Å². The minimum absolute atomic E-state index is 0.00115. The van der Waals surface area contributed by atoms with Crippen LogP contribution < -0.4 is 0 Å². The highest BCUT2D eigenvalue weighted by Crippen LogP contribution is 2.44. The van der Waals surface area contributed by atoms with Crippen molar-refractivity contribution in [3.05, 3.63) is 36.5 Å². The molecular weight excluding hydrogens is 818 g/mol. The van der Waals surface area contributed by atoms with Gasteiger partial charge in [0.25, 0.3) is 0 Å².